The van der Waals surface area contributed by atoms with Gasteiger partial charge in [0.2, 0.25) is 0 Å². The highest BCUT2D eigenvalue weighted by Gasteiger charge is 2.20. The van der Waals surface area contributed by atoms with Crippen molar-refractivity contribution in [2.75, 3.05) is 0 Å². The zero-order chi connectivity index (χ0) is 13.9. The van der Waals surface area contributed by atoms with Gasteiger partial charge in [0, 0.05) is 0 Å². The number of hydrazine groups is 1. The third-order valence-corrected chi connectivity index (χ3v) is 4.51. The highest BCUT2D eigenvalue weighted by atomic mass is 15.2. The molecule has 1 aliphatic rings. The van der Waals surface area contributed by atoms with E-state index in [1.807, 2.05) is 0 Å². The second-order valence-corrected chi connectivity index (χ2v) is 5.75. The summed E-state index contributed by atoms with van der Waals surface area (Å²) >= 11 is 0. The molecule has 3 rings (SSSR count). The fourth-order valence-electron chi connectivity index (χ4n) is 2.98. The maximum Gasteiger partial charge on any atom is 0.0712 e. The lowest BCUT2D eigenvalue weighted by Crippen LogP contribution is -2.29. The van der Waals surface area contributed by atoms with Crippen molar-refractivity contribution >= 4 is 0 Å². The quantitative estimate of drug-likeness (QED) is 0.652. The van der Waals surface area contributed by atoms with Crippen molar-refractivity contribution in [1.82, 2.24) is 5.43 Å². The highest BCUT2D eigenvalue weighted by Crippen LogP contribution is 2.36. The Bertz CT molecular complexity index is 570. The summed E-state index contributed by atoms with van der Waals surface area (Å²) in [5, 5.41) is 0. The van der Waals surface area contributed by atoms with Gasteiger partial charge in [0.15, 0.2) is 0 Å². The van der Waals surface area contributed by atoms with Crippen LogP contribution in [0.5, 0.6) is 0 Å². The molecule has 1 aliphatic carbocycles. The lowest BCUT2D eigenvalue weighted by molar-refractivity contribution is 0.419. The highest BCUT2D eigenvalue weighted by molar-refractivity contribution is 5.38. The Balaban J connectivity index is 1.87. The lowest BCUT2D eigenvalue weighted by Gasteiger charge is -2.26. The maximum absolute atomic E-state index is 5.79. The molecule has 1 unspecified atom stereocenters. The minimum absolute atomic E-state index is 0.0617. The molecule has 0 amide bonds. The summed E-state index contributed by atoms with van der Waals surface area (Å²) in [6, 6.07) is 17.4. The topological polar surface area (TPSA) is 38.0 Å². The Morgan fingerprint density at radius 1 is 1.05 bits per heavy atom. The molecule has 0 aliphatic heterocycles. The first-order chi connectivity index (χ1) is 9.79. The van der Waals surface area contributed by atoms with Crippen molar-refractivity contribution in [1.29, 1.82) is 0 Å². The zero-order valence-corrected chi connectivity index (χ0v) is 12.0. The molecule has 2 aromatic carbocycles. The summed E-state index contributed by atoms with van der Waals surface area (Å²) in [6.07, 6.45) is 4.06. The standard InChI is InChI=1S/C18H22N2/c1-13-5-2-3-8-17(13)18(20-19)16-11-9-15(10-12-16)14-6-4-7-14/h2-3,5,8-12,14,18,20H,4,6-7,19H2,1H3. The largest absolute Gasteiger partial charge is 0.271 e. The molecule has 1 atom stereocenters. The second-order valence-electron chi connectivity index (χ2n) is 5.75. The normalized spacial score (nSPS) is 16.7. The Labute approximate surface area is 121 Å². The van der Waals surface area contributed by atoms with Gasteiger partial charge in [-0.05, 0) is 47.9 Å². The maximum atomic E-state index is 5.79. The van der Waals surface area contributed by atoms with E-state index in [1.165, 1.54) is 41.5 Å². The summed E-state index contributed by atoms with van der Waals surface area (Å²) in [4.78, 5) is 0. The third kappa shape index (κ3) is 2.49. The molecule has 0 bridgehead atoms. The molecule has 0 spiro atoms. The number of nitrogens with one attached hydrogen (secondary N) is 1. The summed E-state index contributed by atoms with van der Waals surface area (Å²) < 4.78 is 0. The van der Waals surface area contributed by atoms with E-state index >= 15 is 0 Å². The molecule has 0 radical (unpaired) electrons. The van der Waals surface area contributed by atoms with Crippen molar-refractivity contribution in [3.63, 3.8) is 0 Å². The van der Waals surface area contributed by atoms with Crippen molar-refractivity contribution in [2.24, 2.45) is 5.84 Å². The SMILES string of the molecule is Cc1ccccc1C(NN)c1ccc(C2CCC2)cc1. The summed E-state index contributed by atoms with van der Waals surface area (Å²) in [5.41, 5.74) is 8.16. The number of rotatable bonds is 4. The minimum atomic E-state index is 0.0617. The van der Waals surface area contributed by atoms with E-state index < -0.39 is 0 Å². The van der Waals surface area contributed by atoms with Crippen molar-refractivity contribution in [2.45, 2.75) is 38.1 Å². The monoisotopic (exact) mass is 266 g/mol. The van der Waals surface area contributed by atoms with Gasteiger partial charge in [-0.25, -0.2) is 5.43 Å². The average Bonchev–Trinajstić information content (AvgIpc) is 2.41. The van der Waals surface area contributed by atoms with Gasteiger partial charge in [-0.2, -0.15) is 0 Å². The first-order valence-corrected chi connectivity index (χ1v) is 7.41. The molecule has 0 saturated heterocycles. The average molecular weight is 266 g/mol. The van der Waals surface area contributed by atoms with E-state index in [1.54, 1.807) is 0 Å². The van der Waals surface area contributed by atoms with Crippen LogP contribution in [0.4, 0.5) is 0 Å². The fraction of sp³-hybridized carbons (Fsp3) is 0.333. The van der Waals surface area contributed by atoms with E-state index in [0.717, 1.165) is 5.92 Å². The van der Waals surface area contributed by atoms with Crippen LogP contribution in [0.25, 0.3) is 0 Å². The predicted molar refractivity (Wildman–Crippen MR) is 83.4 cm³/mol. The first-order valence-electron chi connectivity index (χ1n) is 7.41. The van der Waals surface area contributed by atoms with E-state index in [2.05, 4.69) is 60.9 Å². The van der Waals surface area contributed by atoms with Crippen molar-refractivity contribution in [3.05, 3.63) is 70.8 Å². The van der Waals surface area contributed by atoms with Crippen LogP contribution in [0, 0.1) is 6.92 Å². The number of hydrogen-bond donors (Lipinski definition) is 2. The molecule has 1 fully saturated rings. The van der Waals surface area contributed by atoms with Crippen LogP contribution < -0.4 is 11.3 Å². The Hall–Kier alpha value is -1.64. The Morgan fingerprint density at radius 3 is 2.30 bits per heavy atom. The number of nitrogens with two attached hydrogens (primary N) is 1. The van der Waals surface area contributed by atoms with Gasteiger partial charge in [-0.3, -0.25) is 5.84 Å². The van der Waals surface area contributed by atoms with Gasteiger partial charge in [-0.1, -0.05) is 55.0 Å². The van der Waals surface area contributed by atoms with Crippen LogP contribution in [0.3, 0.4) is 0 Å². The van der Waals surface area contributed by atoms with Gasteiger partial charge in [0.1, 0.15) is 0 Å². The molecule has 104 valence electrons. The van der Waals surface area contributed by atoms with Crippen LogP contribution in [0.15, 0.2) is 48.5 Å². The summed E-state index contributed by atoms with van der Waals surface area (Å²) in [7, 11) is 0. The van der Waals surface area contributed by atoms with Gasteiger partial charge in [0.05, 0.1) is 6.04 Å². The third-order valence-electron chi connectivity index (χ3n) is 4.51. The Morgan fingerprint density at radius 2 is 1.75 bits per heavy atom. The molecule has 0 heterocycles. The van der Waals surface area contributed by atoms with Crippen LogP contribution in [0.2, 0.25) is 0 Å². The van der Waals surface area contributed by atoms with Crippen LogP contribution in [-0.2, 0) is 0 Å². The van der Waals surface area contributed by atoms with Gasteiger partial charge >= 0.3 is 0 Å². The van der Waals surface area contributed by atoms with E-state index in [-0.39, 0.29) is 6.04 Å². The fourth-order valence-corrected chi connectivity index (χ4v) is 2.98. The second kappa shape index (κ2) is 5.78. The number of benzene rings is 2. The van der Waals surface area contributed by atoms with Crippen LogP contribution in [0.1, 0.15) is 53.5 Å². The van der Waals surface area contributed by atoms with Gasteiger partial charge < -0.3 is 0 Å². The summed E-state index contributed by atoms with van der Waals surface area (Å²) in [6.45, 7) is 2.13. The molecule has 0 aromatic heterocycles. The summed E-state index contributed by atoms with van der Waals surface area (Å²) in [5.74, 6) is 6.57. The number of aryl methyl sites for hydroxylation is 1. The first kappa shape index (κ1) is 13.3. The zero-order valence-electron chi connectivity index (χ0n) is 12.0. The molecular weight excluding hydrogens is 244 g/mol. The molecule has 20 heavy (non-hydrogen) atoms. The molecule has 2 nitrogen and oxygen atoms in total. The van der Waals surface area contributed by atoms with E-state index in [0.29, 0.717) is 0 Å². The van der Waals surface area contributed by atoms with Crippen LogP contribution >= 0.6 is 0 Å². The Kier molecular flexibility index (Phi) is 3.86. The molecular formula is C18H22N2. The van der Waals surface area contributed by atoms with E-state index in [4.69, 9.17) is 5.84 Å². The van der Waals surface area contributed by atoms with Crippen LogP contribution in [-0.4, -0.2) is 0 Å². The smallest absolute Gasteiger partial charge is 0.0712 e. The lowest BCUT2D eigenvalue weighted by atomic mass is 9.79. The number of hydrogen-bond acceptors (Lipinski definition) is 2. The molecule has 1 saturated carbocycles. The predicted octanol–water partition coefficient (Wildman–Crippen LogP) is 3.82. The molecule has 2 aromatic rings. The van der Waals surface area contributed by atoms with Crippen molar-refractivity contribution < 1.29 is 0 Å². The van der Waals surface area contributed by atoms with Gasteiger partial charge in [0.25, 0.3) is 0 Å². The minimum Gasteiger partial charge on any atom is -0.271 e. The van der Waals surface area contributed by atoms with Gasteiger partial charge in [-0.15, -0.1) is 0 Å². The van der Waals surface area contributed by atoms with E-state index in [9.17, 15) is 0 Å². The molecule has 2 heteroatoms. The molecule has 3 N–H and O–H groups in total. The van der Waals surface area contributed by atoms with Crippen molar-refractivity contribution in [3.8, 4) is 0 Å².